The maximum atomic E-state index is 13.2. The smallest absolute Gasteiger partial charge is 0.230 e. The lowest BCUT2D eigenvalue weighted by atomic mass is 9.37. The first-order valence-electron chi connectivity index (χ1n) is 11.7. The van der Waals surface area contributed by atoms with E-state index in [2.05, 4.69) is 36.1 Å². The number of ketones is 2. The minimum Gasteiger partial charge on any atom is -0.481 e. The van der Waals surface area contributed by atoms with E-state index in [-0.39, 0.29) is 40.8 Å². The summed E-state index contributed by atoms with van der Waals surface area (Å²) in [7, 11) is 0. The van der Waals surface area contributed by atoms with Gasteiger partial charge in [-0.2, -0.15) is 0 Å². The topological polar surface area (TPSA) is 63.7 Å². The summed E-state index contributed by atoms with van der Waals surface area (Å²) in [5.41, 5.74) is 2.65. The highest BCUT2D eigenvalue weighted by molar-refractivity contribution is 6.31. The highest BCUT2D eigenvalue weighted by atomic mass is 35.5. The van der Waals surface area contributed by atoms with Crippen molar-refractivity contribution in [2.75, 3.05) is 6.54 Å². The first kappa shape index (κ1) is 20.9. The number of amides is 1. The second kappa shape index (κ2) is 7.17. The molecule has 33 heavy (non-hydrogen) atoms. The van der Waals surface area contributed by atoms with E-state index in [9.17, 15) is 14.4 Å². The molecular formula is C27H26ClNO4. The fraction of sp³-hybridized carbons (Fsp3) is 0.444. The molecule has 0 N–H and O–H groups in total. The van der Waals surface area contributed by atoms with Crippen molar-refractivity contribution in [3.8, 4) is 5.75 Å². The molecule has 2 heterocycles. The van der Waals surface area contributed by atoms with Gasteiger partial charge in [0.2, 0.25) is 5.91 Å². The Bertz CT molecular complexity index is 1170. The van der Waals surface area contributed by atoms with Gasteiger partial charge in [0.25, 0.3) is 0 Å². The minimum absolute atomic E-state index is 0.0115. The number of rotatable bonds is 5. The van der Waals surface area contributed by atoms with Crippen molar-refractivity contribution < 1.29 is 19.1 Å². The second-order valence-electron chi connectivity index (χ2n) is 10.5. The Morgan fingerprint density at radius 3 is 2.58 bits per heavy atom. The summed E-state index contributed by atoms with van der Waals surface area (Å²) in [6, 6.07) is 13.2. The third kappa shape index (κ3) is 3.23. The zero-order valence-corrected chi connectivity index (χ0v) is 19.4. The summed E-state index contributed by atoms with van der Waals surface area (Å²) in [6.45, 7) is 2.85. The van der Waals surface area contributed by atoms with Gasteiger partial charge in [-0.25, -0.2) is 0 Å². The molecule has 2 aromatic carbocycles. The molecule has 5 aliphatic rings. The maximum Gasteiger partial charge on any atom is 0.230 e. The molecule has 7 rings (SSSR count). The van der Waals surface area contributed by atoms with Gasteiger partial charge in [0, 0.05) is 23.5 Å². The second-order valence-corrected chi connectivity index (χ2v) is 11.0. The molecule has 5 nitrogen and oxygen atoms in total. The summed E-state index contributed by atoms with van der Waals surface area (Å²) < 4.78 is 5.87. The molecule has 1 unspecified atom stereocenters. The van der Waals surface area contributed by atoms with E-state index in [0.717, 1.165) is 37.8 Å². The Morgan fingerprint density at radius 2 is 1.85 bits per heavy atom. The number of halogens is 1. The van der Waals surface area contributed by atoms with Crippen molar-refractivity contribution in [3.05, 3.63) is 64.2 Å². The van der Waals surface area contributed by atoms with Crippen LogP contribution in [0.1, 0.15) is 65.9 Å². The van der Waals surface area contributed by atoms with Gasteiger partial charge in [-0.1, -0.05) is 41.4 Å². The van der Waals surface area contributed by atoms with E-state index in [1.54, 1.807) is 18.2 Å². The molecule has 2 atom stereocenters. The molecule has 1 amide bonds. The molecule has 4 fully saturated rings. The predicted molar refractivity (Wildman–Crippen MR) is 124 cm³/mol. The van der Waals surface area contributed by atoms with Crippen LogP contribution in [-0.2, 0) is 9.59 Å². The van der Waals surface area contributed by atoms with Gasteiger partial charge >= 0.3 is 0 Å². The van der Waals surface area contributed by atoms with Crippen LogP contribution in [0.4, 0.5) is 0 Å². The first-order valence-corrected chi connectivity index (χ1v) is 12.1. The lowest BCUT2D eigenvalue weighted by molar-refractivity contribution is -0.218. The van der Waals surface area contributed by atoms with Crippen LogP contribution < -0.4 is 4.74 Å². The van der Waals surface area contributed by atoms with Gasteiger partial charge < -0.3 is 9.64 Å². The molecule has 3 saturated carbocycles. The molecule has 0 radical (unpaired) electrons. The normalized spacial score (nSPS) is 32.0. The average molecular weight is 464 g/mol. The molecule has 1 saturated heterocycles. The van der Waals surface area contributed by atoms with Crippen molar-refractivity contribution in [3.63, 3.8) is 0 Å². The molecule has 6 heteroatoms. The summed E-state index contributed by atoms with van der Waals surface area (Å²) in [4.78, 5) is 40.8. The summed E-state index contributed by atoms with van der Waals surface area (Å²) in [5, 5.41) is 0.482. The number of nitrogens with zero attached hydrogens (tertiary/aromatic N) is 1. The number of fused-ring (bicyclic) bond motifs is 1. The molecule has 2 aliphatic heterocycles. The molecular weight excluding hydrogens is 438 g/mol. The van der Waals surface area contributed by atoms with Crippen LogP contribution in [0.5, 0.6) is 5.75 Å². The summed E-state index contributed by atoms with van der Waals surface area (Å²) >= 11 is 5.98. The van der Waals surface area contributed by atoms with Gasteiger partial charge in [-0.15, -0.1) is 0 Å². The van der Waals surface area contributed by atoms with Crippen LogP contribution in [-0.4, -0.2) is 40.6 Å². The Morgan fingerprint density at radius 1 is 1.12 bits per heavy atom. The number of likely N-dealkylation sites (tertiary alicyclic amines) is 1. The average Bonchev–Trinajstić information content (AvgIpc) is 3.11. The minimum atomic E-state index is -0.726. The molecule has 2 aromatic rings. The van der Waals surface area contributed by atoms with Crippen LogP contribution in [0, 0.1) is 12.3 Å². The van der Waals surface area contributed by atoms with E-state index in [1.165, 1.54) is 5.56 Å². The van der Waals surface area contributed by atoms with Gasteiger partial charge in [-0.05, 0) is 61.8 Å². The van der Waals surface area contributed by atoms with Crippen molar-refractivity contribution in [2.45, 2.75) is 63.0 Å². The predicted octanol–water partition coefficient (Wildman–Crippen LogP) is 4.88. The van der Waals surface area contributed by atoms with Crippen molar-refractivity contribution in [2.24, 2.45) is 5.41 Å². The number of hydrogen-bond acceptors (Lipinski definition) is 4. The standard InChI is InChI=1S/C27H26ClNO4/c1-16-2-4-17(5-3-16)19-8-9-29(25(19)32)27-13-26(14-27,15-27)12-22(31)24-11-21(30)20-10-18(28)6-7-23(20)33-24/h2-7,10,19,24H,8-9,11-15H2,1H3/t19?,24-,26?,27?/m1/s1. The lowest BCUT2D eigenvalue weighted by Crippen LogP contribution is -2.75. The van der Waals surface area contributed by atoms with Gasteiger partial charge in [0.05, 0.1) is 17.9 Å². The quantitative estimate of drug-likeness (QED) is 0.634. The van der Waals surface area contributed by atoms with E-state index in [4.69, 9.17) is 16.3 Å². The molecule has 0 spiro atoms. The fourth-order valence-electron chi connectivity index (χ4n) is 6.63. The Kier molecular flexibility index (Phi) is 4.54. The van der Waals surface area contributed by atoms with E-state index < -0.39 is 6.10 Å². The SMILES string of the molecule is Cc1ccc(C2CCN(C34CC(CC(=O)[C@H]5CC(=O)c6cc(Cl)ccc6O5)(C3)C4)C2=O)cc1. The lowest BCUT2D eigenvalue weighted by Gasteiger charge is -2.73. The highest BCUT2D eigenvalue weighted by Crippen LogP contribution is 2.72. The van der Waals surface area contributed by atoms with Crippen LogP contribution in [0.3, 0.4) is 0 Å². The number of carbonyl (C=O) groups excluding carboxylic acids is 3. The van der Waals surface area contributed by atoms with Crippen LogP contribution in [0.25, 0.3) is 0 Å². The van der Waals surface area contributed by atoms with E-state index in [1.807, 2.05) is 0 Å². The van der Waals surface area contributed by atoms with Crippen molar-refractivity contribution in [1.29, 1.82) is 0 Å². The Balaban J connectivity index is 1.08. The van der Waals surface area contributed by atoms with Gasteiger partial charge in [0.15, 0.2) is 17.7 Å². The van der Waals surface area contributed by atoms with Gasteiger partial charge in [-0.3, -0.25) is 14.4 Å². The summed E-state index contributed by atoms with van der Waals surface area (Å²) in [5.74, 6) is 0.508. The number of carbonyl (C=O) groups is 3. The zero-order valence-electron chi connectivity index (χ0n) is 18.6. The van der Waals surface area contributed by atoms with Crippen LogP contribution in [0.15, 0.2) is 42.5 Å². The highest BCUT2D eigenvalue weighted by Gasteiger charge is 2.72. The van der Waals surface area contributed by atoms with Crippen molar-refractivity contribution >= 4 is 29.1 Å². The number of hydrogen-bond donors (Lipinski definition) is 0. The maximum absolute atomic E-state index is 13.2. The number of aryl methyl sites for hydroxylation is 1. The molecule has 0 aromatic heterocycles. The largest absolute Gasteiger partial charge is 0.481 e. The summed E-state index contributed by atoms with van der Waals surface area (Å²) in [6.07, 6.45) is 3.25. The van der Waals surface area contributed by atoms with Crippen LogP contribution in [0.2, 0.25) is 5.02 Å². The van der Waals surface area contributed by atoms with Crippen LogP contribution >= 0.6 is 11.6 Å². The first-order chi connectivity index (χ1) is 15.8. The van der Waals surface area contributed by atoms with Gasteiger partial charge in [0.1, 0.15) is 5.75 Å². The third-order valence-electron chi connectivity index (χ3n) is 8.16. The zero-order chi connectivity index (χ0) is 23.0. The van der Waals surface area contributed by atoms with Crippen molar-refractivity contribution in [1.82, 2.24) is 4.90 Å². The van der Waals surface area contributed by atoms with E-state index in [0.29, 0.717) is 22.8 Å². The molecule has 3 aliphatic carbocycles. The van der Waals surface area contributed by atoms with E-state index >= 15 is 0 Å². The fourth-order valence-corrected chi connectivity index (χ4v) is 6.80. The number of Topliss-reactive ketones (excluding diaryl/α,β-unsaturated/α-hetero) is 2. The Hall–Kier alpha value is -2.66. The molecule has 2 bridgehead atoms. The monoisotopic (exact) mass is 463 g/mol. The number of ether oxygens (including phenoxy) is 1. The Labute approximate surface area is 198 Å². The number of benzene rings is 2. The third-order valence-corrected chi connectivity index (χ3v) is 8.40. The molecule has 170 valence electrons.